The number of carbonyl (C=O) groups excluding carboxylic acids is 1. The Morgan fingerprint density at radius 2 is 2.11 bits per heavy atom. The molecule has 1 unspecified atom stereocenters. The lowest BCUT2D eigenvalue weighted by Crippen LogP contribution is -2.45. The fourth-order valence-electron chi connectivity index (χ4n) is 3.09. The average Bonchev–Trinajstić information content (AvgIpc) is 3.12. The average molecular weight is 441 g/mol. The van der Waals surface area contributed by atoms with Crippen LogP contribution < -0.4 is 20.1 Å². The molecule has 1 fully saturated rings. The standard InChI is InChI=1S/C19H29BrN4O3/c1-12(2)18(25)24-7-6-14(11-24)23-19(21-3)22-10-13-8-15(20)17(27-5)16(9-13)26-4/h8-9,12,14H,6-7,10-11H2,1-5H3,(H2,21,22,23). The number of amides is 1. The molecule has 27 heavy (non-hydrogen) atoms. The van der Waals surface area contributed by atoms with Crippen LogP contribution in [0.5, 0.6) is 11.5 Å². The molecule has 0 aliphatic carbocycles. The Hall–Kier alpha value is -1.96. The van der Waals surface area contributed by atoms with Crippen molar-refractivity contribution >= 4 is 27.8 Å². The lowest BCUT2D eigenvalue weighted by Gasteiger charge is -2.20. The Labute approximate surface area is 169 Å². The third-order valence-corrected chi connectivity index (χ3v) is 5.10. The topological polar surface area (TPSA) is 75.2 Å². The van der Waals surface area contributed by atoms with Crippen LogP contribution in [0.25, 0.3) is 0 Å². The highest BCUT2D eigenvalue weighted by atomic mass is 79.9. The van der Waals surface area contributed by atoms with Gasteiger partial charge in [-0.1, -0.05) is 13.8 Å². The fraction of sp³-hybridized carbons (Fsp3) is 0.579. The van der Waals surface area contributed by atoms with Gasteiger partial charge in [0.15, 0.2) is 17.5 Å². The van der Waals surface area contributed by atoms with Gasteiger partial charge in [-0.3, -0.25) is 9.79 Å². The number of guanidine groups is 1. The van der Waals surface area contributed by atoms with E-state index in [1.165, 1.54) is 0 Å². The smallest absolute Gasteiger partial charge is 0.225 e. The lowest BCUT2D eigenvalue weighted by molar-refractivity contribution is -0.133. The van der Waals surface area contributed by atoms with Gasteiger partial charge in [0.2, 0.25) is 5.91 Å². The zero-order chi connectivity index (χ0) is 20.0. The normalized spacial score (nSPS) is 17.2. The molecule has 1 aliphatic heterocycles. The highest BCUT2D eigenvalue weighted by Gasteiger charge is 2.27. The Morgan fingerprint density at radius 1 is 1.37 bits per heavy atom. The van der Waals surface area contributed by atoms with Crippen LogP contribution in [0.3, 0.4) is 0 Å². The van der Waals surface area contributed by atoms with Crippen molar-refractivity contribution in [2.45, 2.75) is 32.9 Å². The first-order valence-electron chi connectivity index (χ1n) is 9.06. The van der Waals surface area contributed by atoms with Gasteiger partial charge in [0.25, 0.3) is 0 Å². The Morgan fingerprint density at radius 3 is 2.70 bits per heavy atom. The maximum atomic E-state index is 12.1. The number of nitrogens with zero attached hydrogens (tertiary/aromatic N) is 2. The van der Waals surface area contributed by atoms with E-state index in [-0.39, 0.29) is 17.9 Å². The summed E-state index contributed by atoms with van der Waals surface area (Å²) in [7, 11) is 4.97. The molecule has 0 aromatic heterocycles. The minimum Gasteiger partial charge on any atom is -0.493 e. The summed E-state index contributed by atoms with van der Waals surface area (Å²) >= 11 is 3.51. The van der Waals surface area contributed by atoms with Gasteiger partial charge in [0, 0.05) is 38.6 Å². The summed E-state index contributed by atoms with van der Waals surface area (Å²) in [6.45, 7) is 5.95. The van der Waals surface area contributed by atoms with Crippen LogP contribution in [0.2, 0.25) is 0 Å². The Kier molecular flexibility index (Phi) is 7.77. The summed E-state index contributed by atoms with van der Waals surface area (Å²) < 4.78 is 11.6. The molecule has 2 rings (SSSR count). The molecule has 0 radical (unpaired) electrons. The van der Waals surface area contributed by atoms with Crippen molar-refractivity contribution in [3.05, 3.63) is 22.2 Å². The van der Waals surface area contributed by atoms with E-state index in [4.69, 9.17) is 9.47 Å². The number of nitrogens with one attached hydrogen (secondary N) is 2. The number of ether oxygens (including phenoxy) is 2. The number of hydrogen-bond acceptors (Lipinski definition) is 4. The zero-order valence-corrected chi connectivity index (χ0v) is 18.2. The molecular weight excluding hydrogens is 412 g/mol. The molecule has 0 bridgehead atoms. The minimum atomic E-state index is 0.0321. The molecule has 1 aliphatic rings. The number of hydrogen-bond donors (Lipinski definition) is 2. The maximum Gasteiger partial charge on any atom is 0.225 e. The number of methoxy groups -OCH3 is 2. The van der Waals surface area contributed by atoms with Gasteiger partial charge in [0.05, 0.1) is 18.7 Å². The first-order valence-corrected chi connectivity index (χ1v) is 9.85. The number of rotatable bonds is 6. The SMILES string of the molecule is CN=C(NCc1cc(Br)c(OC)c(OC)c1)NC1CCN(C(=O)C(C)C)C1. The van der Waals surface area contributed by atoms with Gasteiger partial charge < -0.3 is 25.0 Å². The van der Waals surface area contributed by atoms with Crippen LogP contribution in [0.1, 0.15) is 25.8 Å². The van der Waals surface area contributed by atoms with Crippen molar-refractivity contribution in [1.29, 1.82) is 0 Å². The van der Waals surface area contributed by atoms with Crippen molar-refractivity contribution in [1.82, 2.24) is 15.5 Å². The van der Waals surface area contributed by atoms with Crippen LogP contribution >= 0.6 is 15.9 Å². The second-order valence-corrected chi connectivity index (χ2v) is 7.66. The molecule has 0 saturated carbocycles. The quantitative estimate of drug-likeness (QED) is 0.524. The molecule has 7 nitrogen and oxygen atoms in total. The van der Waals surface area contributed by atoms with Crippen LogP contribution in [0, 0.1) is 5.92 Å². The predicted molar refractivity (Wildman–Crippen MR) is 110 cm³/mol. The van der Waals surface area contributed by atoms with Gasteiger partial charge in [-0.2, -0.15) is 0 Å². The molecule has 1 saturated heterocycles. The minimum absolute atomic E-state index is 0.0321. The van der Waals surface area contributed by atoms with Crippen LogP contribution in [-0.2, 0) is 11.3 Å². The largest absolute Gasteiger partial charge is 0.493 e. The number of likely N-dealkylation sites (tertiary alicyclic amines) is 1. The Balaban J connectivity index is 1.93. The summed E-state index contributed by atoms with van der Waals surface area (Å²) in [6.07, 6.45) is 0.918. The summed E-state index contributed by atoms with van der Waals surface area (Å²) in [5.74, 6) is 2.29. The van der Waals surface area contributed by atoms with E-state index in [1.54, 1.807) is 21.3 Å². The summed E-state index contributed by atoms with van der Waals surface area (Å²) in [4.78, 5) is 18.3. The van der Waals surface area contributed by atoms with Crippen molar-refractivity contribution in [3.63, 3.8) is 0 Å². The maximum absolute atomic E-state index is 12.1. The third-order valence-electron chi connectivity index (χ3n) is 4.51. The fourth-order valence-corrected chi connectivity index (χ4v) is 3.74. The summed E-state index contributed by atoms with van der Waals surface area (Å²) in [6, 6.07) is 4.12. The lowest BCUT2D eigenvalue weighted by atomic mass is 10.2. The van der Waals surface area contributed by atoms with Crippen LogP contribution in [0.15, 0.2) is 21.6 Å². The highest BCUT2D eigenvalue weighted by molar-refractivity contribution is 9.10. The molecule has 1 aromatic carbocycles. The van der Waals surface area contributed by atoms with Crippen molar-refractivity contribution < 1.29 is 14.3 Å². The number of halogens is 1. The molecular formula is C19H29BrN4O3. The van der Waals surface area contributed by atoms with E-state index in [0.717, 1.165) is 23.0 Å². The van der Waals surface area contributed by atoms with Crippen LogP contribution in [0.4, 0.5) is 0 Å². The van der Waals surface area contributed by atoms with Gasteiger partial charge in [0.1, 0.15) is 0 Å². The number of benzene rings is 1. The molecule has 0 spiro atoms. The van der Waals surface area contributed by atoms with Gasteiger partial charge in [-0.15, -0.1) is 0 Å². The van der Waals surface area contributed by atoms with E-state index >= 15 is 0 Å². The molecule has 8 heteroatoms. The molecule has 150 valence electrons. The van der Waals surface area contributed by atoms with E-state index in [9.17, 15) is 4.79 Å². The first kappa shape index (κ1) is 21.3. The number of carbonyl (C=O) groups is 1. The van der Waals surface area contributed by atoms with Gasteiger partial charge in [-0.25, -0.2) is 0 Å². The molecule has 2 N–H and O–H groups in total. The monoisotopic (exact) mass is 440 g/mol. The van der Waals surface area contributed by atoms with Crippen LogP contribution in [-0.4, -0.2) is 57.2 Å². The molecule has 1 aromatic rings. The zero-order valence-electron chi connectivity index (χ0n) is 16.6. The summed E-state index contributed by atoms with van der Waals surface area (Å²) in [5, 5.41) is 6.72. The molecule has 1 heterocycles. The van der Waals surface area contributed by atoms with Gasteiger partial charge >= 0.3 is 0 Å². The van der Waals surface area contributed by atoms with E-state index in [0.29, 0.717) is 30.5 Å². The molecule has 1 atom stereocenters. The van der Waals surface area contributed by atoms with Crippen molar-refractivity contribution in [3.8, 4) is 11.5 Å². The number of aliphatic imine (C=N–C) groups is 1. The Bertz CT molecular complexity index is 694. The second kappa shape index (κ2) is 9.82. The predicted octanol–water partition coefficient (Wildman–Crippen LogP) is 2.39. The van der Waals surface area contributed by atoms with Crippen molar-refractivity contribution in [2.75, 3.05) is 34.4 Å². The van der Waals surface area contributed by atoms with Gasteiger partial charge in [-0.05, 0) is 40.0 Å². The third kappa shape index (κ3) is 5.51. The molecule has 1 amide bonds. The first-order chi connectivity index (χ1) is 12.9. The van der Waals surface area contributed by atoms with Crippen molar-refractivity contribution in [2.24, 2.45) is 10.9 Å². The highest BCUT2D eigenvalue weighted by Crippen LogP contribution is 2.36. The van der Waals surface area contributed by atoms with E-state index < -0.39 is 0 Å². The van der Waals surface area contributed by atoms with E-state index in [2.05, 4.69) is 31.6 Å². The van der Waals surface area contributed by atoms with E-state index in [1.807, 2.05) is 30.9 Å². The second-order valence-electron chi connectivity index (χ2n) is 6.81. The summed E-state index contributed by atoms with van der Waals surface area (Å²) in [5.41, 5.74) is 1.03.